The molecular formula is C15H23N3O2S. The third kappa shape index (κ3) is 3.29. The molecule has 5 nitrogen and oxygen atoms in total. The highest BCUT2D eigenvalue weighted by atomic mass is 32.2. The van der Waals surface area contributed by atoms with Crippen molar-refractivity contribution in [1.29, 1.82) is 0 Å². The Morgan fingerprint density at radius 2 is 1.67 bits per heavy atom. The van der Waals surface area contributed by atoms with E-state index in [4.69, 9.17) is 5.73 Å². The number of rotatable bonds is 5. The van der Waals surface area contributed by atoms with Crippen molar-refractivity contribution < 1.29 is 8.42 Å². The van der Waals surface area contributed by atoms with Gasteiger partial charge in [0.2, 0.25) is 10.0 Å². The summed E-state index contributed by atoms with van der Waals surface area (Å²) in [7, 11) is -3.35. The number of hydrogen-bond acceptors (Lipinski definition) is 4. The first-order valence-electron chi connectivity index (χ1n) is 7.64. The van der Waals surface area contributed by atoms with Crippen molar-refractivity contribution in [3.63, 3.8) is 0 Å². The van der Waals surface area contributed by atoms with Gasteiger partial charge in [0.05, 0.1) is 4.90 Å². The van der Waals surface area contributed by atoms with Gasteiger partial charge in [-0.3, -0.25) is 4.90 Å². The van der Waals surface area contributed by atoms with Gasteiger partial charge >= 0.3 is 0 Å². The van der Waals surface area contributed by atoms with Crippen LogP contribution in [0.15, 0.2) is 29.2 Å². The Labute approximate surface area is 126 Å². The second-order valence-corrected chi connectivity index (χ2v) is 7.79. The highest BCUT2D eigenvalue weighted by Gasteiger charge is 2.34. The smallest absolute Gasteiger partial charge is 0.243 e. The predicted octanol–water partition coefficient (Wildman–Crippen LogP) is 0.657. The van der Waals surface area contributed by atoms with E-state index >= 15 is 0 Å². The van der Waals surface area contributed by atoms with E-state index in [-0.39, 0.29) is 0 Å². The van der Waals surface area contributed by atoms with Gasteiger partial charge in [-0.05, 0) is 43.5 Å². The first-order chi connectivity index (χ1) is 10.1. The lowest BCUT2D eigenvalue weighted by molar-refractivity contribution is 0.180. The van der Waals surface area contributed by atoms with Crippen LogP contribution < -0.4 is 5.73 Å². The van der Waals surface area contributed by atoms with Crippen molar-refractivity contribution in [3.05, 3.63) is 29.8 Å². The second-order valence-electron chi connectivity index (χ2n) is 5.85. The molecule has 1 aliphatic carbocycles. The molecule has 2 aliphatic rings. The van der Waals surface area contributed by atoms with Gasteiger partial charge in [0.25, 0.3) is 0 Å². The molecule has 1 saturated heterocycles. The zero-order chi connectivity index (χ0) is 14.9. The standard InChI is InChI=1S/C15H23N3O2S/c16-8-7-13-1-5-15(6-2-13)21(19,20)18-11-9-17(10-12-18)14-3-4-14/h1-2,5-6,14H,3-4,7-12,16H2. The molecule has 1 aliphatic heterocycles. The summed E-state index contributed by atoms with van der Waals surface area (Å²) in [5, 5.41) is 0. The maximum atomic E-state index is 12.6. The average molecular weight is 309 g/mol. The SMILES string of the molecule is NCCc1ccc(S(=O)(=O)N2CCN(C3CC3)CC2)cc1. The van der Waals surface area contributed by atoms with Crippen LogP contribution in [0.5, 0.6) is 0 Å². The predicted molar refractivity (Wildman–Crippen MR) is 82.6 cm³/mol. The summed E-state index contributed by atoms with van der Waals surface area (Å²) < 4.78 is 26.9. The molecule has 0 unspecified atom stereocenters. The Kier molecular flexibility index (Phi) is 4.31. The van der Waals surface area contributed by atoms with Gasteiger partial charge in [0.15, 0.2) is 0 Å². The number of piperazine rings is 1. The van der Waals surface area contributed by atoms with Gasteiger partial charge < -0.3 is 5.73 Å². The largest absolute Gasteiger partial charge is 0.330 e. The number of benzene rings is 1. The van der Waals surface area contributed by atoms with E-state index in [2.05, 4.69) is 4.90 Å². The van der Waals surface area contributed by atoms with Crippen molar-refractivity contribution in [2.24, 2.45) is 5.73 Å². The summed E-state index contributed by atoms with van der Waals surface area (Å²) in [5.41, 5.74) is 6.59. The molecular weight excluding hydrogens is 286 g/mol. The van der Waals surface area contributed by atoms with E-state index in [1.165, 1.54) is 12.8 Å². The Balaban J connectivity index is 1.68. The lowest BCUT2D eigenvalue weighted by atomic mass is 10.2. The molecule has 6 heteroatoms. The van der Waals surface area contributed by atoms with Crippen molar-refractivity contribution in [2.75, 3.05) is 32.7 Å². The van der Waals surface area contributed by atoms with E-state index in [1.807, 2.05) is 12.1 Å². The topological polar surface area (TPSA) is 66.6 Å². The van der Waals surface area contributed by atoms with Crippen LogP contribution in [0.3, 0.4) is 0 Å². The molecule has 1 saturated carbocycles. The lowest BCUT2D eigenvalue weighted by Gasteiger charge is -2.34. The van der Waals surface area contributed by atoms with Crippen LogP contribution in [0.1, 0.15) is 18.4 Å². The van der Waals surface area contributed by atoms with E-state index in [0.717, 1.165) is 25.1 Å². The van der Waals surface area contributed by atoms with Crippen LogP contribution in [-0.2, 0) is 16.4 Å². The minimum Gasteiger partial charge on any atom is -0.330 e. The molecule has 0 radical (unpaired) electrons. The Morgan fingerprint density at radius 1 is 1.05 bits per heavy atom. The van der Waals surface area contributed by atoms with Gasteiger partial charge in [-0.25, -0.2) is 8.42 Å². The molecule has 0 atom stereocenters. The zero-order valence-corrected chi connectivity index (χ0v) is 13.1. The molecule has 0 spiro atoms. The summed E-state index contributed by atoms with van der Waals surface area (Å²) in [6, 6.07) is 7.84. The van der Waals surface area contributed by atoms with Crippen molar-refractivity contribution in [3.8, 4) is 0 Å². The lowest BCUT2D eigenvalue weighted by Crippen LogP contribution is -2.49. The van der Waals surface area contributed by atoms with Crippen LogP contribution >= 0.6 is 0 Å². The first-order valence-corrected chi connectivity index (χ1v) is 9.08. The number of sulfonamides is 1. The summed E-state index contributed by atoms with van der Waals surface area (Å²) in [5.74, 6) is 0. The molecule has 1 aromatic carbocycles. The van der Waals surface area contributed by atoms with Crippen LogP contribution in [0.2, 0.25) is 0 Å². The fourth-order valence-corrected chi connectivity index (χ4v) is 4.31. The summed E-state index contributed by atoms with van der Waals surface area (Å²) >= 11 is 0. The molecule has 0 bridgehead atoms. The van der Waals surface area contributed by atoms with Crippen LogP contribution in [0.25, 0.3) is 0 Å². The summed E-state index contributed by atoms with van der Waals surface area (Å²) in [6.07, 6.45) is 3.32. The third-order valence-corrected chi connectivity index (χ3v) is 6.24. The third-order valence-electron chi connectivity index (χ3n) is 4.33. The minimum absolute atomic E-state index is 0.392. The van der Waals surface area contributed by atoms with E-state index in [9.17, 15) is 8.42 Å². The van der Waals surface area contributed by atoms with Crippen LogP contribution in [0, 0.1) is 0 Å². The molecule has 3 rings (SSSR count). The molecule has 0 amide bonds. The maximum Gasteiger partial charge on any atom is 0.243 e. The number of hydrogen-bond donors (Lipinski definition) is 1. The molecule has 2 N–H and O–H groups in total. The zero-order valence-electron chi connectivity index (χ0n) is 12.2. The monoisotopic (exact) mass is 309 g/mol. The highest BCUT2D eigenvalue weighted by molar-refractivity contribution is 7.89. The quantitative estimate of drug-likeness (QED) is 0.867. The summed E-state index contributed by atoms with van der Waals surface area (Å²) in [6.45, 7) is 3.49. The van der Waals surface area contributed by atoms with Gasteiger partial charge in [0, 0.05) is 32.2 Å². The van der Waals surface area contributed by atoms with Gasteiger partial charge in [-0.1, -0.05) is 12.1 Å². The van der Waals surface area contributed by atoms with Crippen molar-refractivity contribution >= 4 is 10.0 Å². The van der Waals surface area contributed by atoms with Crippen LogP contribution in [0.4, 0.5) is 0 Å². The number of nitrogens with zero attached hydrogens (tertiary/aromatic N) is 2. The minimum atomic E-state index is -3.35. The Morgan fingerprint density at radius 3 is 2.19 bits per heavy atom. The van der Waals surface area contributed by atoms with Crippen molar-refractivity contribution in [2.45, 2.75) is 30.2 Å². The molecule has 1 heterocycles. The van der Waals surface area contributed by atoms with E-state index in [0.29, 0.717) is 30.6 Å². The highest BCUT2D eigenvalue weighted by Crippen LogP contribution is 2.28. The fraction of sp³-hybridized carbons (Fsp3) is 0.600. The average Bonchev–Trinajstić information content (AvgIpc) is 3.33. The molecule has 0 aromatic heterocycles. The van der Waals surface area contributed by atoms with E-state index in [1.54, 1.807) is 16.4 Å². The van der Waals surface area contributed by atoms with Crippen LogP contribution in [-0.4, -0.2) is 56.4 Å². The molecule has 2 fully saturated rings. The Bertz CT molecular complexity index is 573. The Hall–Kier alpha value is -0.950. The molecule has 21 heavy (non-hydrogen) atoms. The van der Waals surface area contributed by atoms with Gasteiger partial charge in [-0.2, -0.15) is 4.31 Å². The first kappa shape index (κ1) is 15.0. The van der Waals surface area contributed by atoms with Gasteiger partial charge in [0.1, 0.15) is 0 Å². The molecule has 116 valence electrons. The maximum absolute atomic E-state index is 12.6. The van der Waals surface area contributed by atoms with Crippen molar-refractivity contribution in [1.82, 2.24) is 9.21 Å². The second kappa shape index (κ2) is 6.04. The normalized spacial score (nSPS) is 21.6. The van der Waals surface area contributed by atoms with E-state index < -0.39 is 10.0 Å². The van der Waals surface area contributed by atoms with Gasteiger partial charge in [-0.15, -0.1) is 0 Å². The summed E-state index contributed by atoms with van der Waals surface area (Å²) in [4.78, 5) is 2.80. The fourth-order valence-electron chi connectivity index (χ4n) is 2.89. The molecule has 1 aromatic rings. The number of nitrogens with two attached hydrogens (primary N) is 1.